The molecule has 32 heavy (non-hydrogen) atoms. The Morgan fingerprint density at radius 2 is 1.81 bits per heavy atom. The first-order valence-corrected chi connectivity index (χ1v) is 15.5. The molecule has 5 aliphatic rings. The summed E-state index contributed by atoms with van der Waals surface area (Å²) in [5, 5.41) is 0. The number of hydrogen-bond acceptors (Lipinski definition) is 2. The van der Waals surface area contributed by atoms with E-state index >= 15 is 0 Å². The molecule has 0 aromatic heterocycles. The Balaban J connectivity index is 1.37. The summed E-state index contributed by atoms with van der Waals surface area (Å²) in [7, 11) is 0. The van der Waals surface area contributed by atoms with Crippen molar-refractivity contribution in [3.63, 3.8) is 0 Å². The van der Waals surface area contributed by atoms with Gasteiger partial charge >= 0.3 is 5.97 Å². The Bertz CT molecular complexity index is 735. The number of halogens is 1. The fraction of sp³-hybridized carbons (Fsp3) is 0.966. The molecule has 0 aromatic rings. The smallest absolute Gasteiger partial charge is 0.316 e. The lowest BCUT2D eigenvalue weighted by molar-refractivity contribution is -0.181. The van der Waals surface area contributed by atoms with Gasteiger partial charge in [-0.2, -0.15) is 0 Å². The first kappa shape index (κ1) is 23.9. The molecule has 0 unspecified atom stereocenters. The Hall–Kier alpha value is 0.200. The lowest BCUT2D eigenvalue weighted by Gasteiger charge is -2.60. The van der Waals surface area contributed by atoms with Crippen molar-refractivity contribution < 1.29 is 9.53 Å². The lowest BCUT2D eigenvalue weighted by atomic mass is 9.45. The van der Waals surface area contributed by atoms with Crippen molar-refractivity contribution in [2.75, 3.05) is 4.43 Å². The van der Waals surface area contributed by atoms with Crippen molar-refractivity contribution >= 4 is 28.6 Å². The van der Waals surface area contributed by atoms with Gasteiger partial charge in [0.1, 0.15) is 6.10 Å². The van der Waals surface area contributed by atoms with Crippen molar-refractivity contribution in [1.82, 2.24) is 0 Å². The molecule has 5 rings (SSSR count). The topological polar surface area (TPSA) is 26.3 Å². The molecule has 0 saturated heterocycles. The standard InChI is InChI=1S/C29H47IO2/c1-18(2)7-6-8-19(3)22-9-10-23-21-15-25(32-26(31)17-30)29-16-20(29)11-14-28(29,5)24(21)12-13-27(22,23)4/h18-25H,6-17H2,1-5H3/t19-,20+,21-,22+,23-,24-,25+,27+,28+,29-/m0/s1. The van der Waals surface area contributed by atoms with Gasteiger partial charge in [-0.05, 0) is 104 Å². The van der Waals surface area contributed by atoms with Crippen LogP contribution in [0.2, 0.25) is 0 Å². The number of alkyl halides is 1. The molecule has 0 aromatic carbocycles. The highest BCUT2D eigenvalue weighted by Gasteiger charge is 2.78. The second-order valence-electron chi connectivity index (χ2n) is 13.7. The van der Waals surface area contributed by atoms with Crippen LogP contribution in [0.15, 0.2) is 0 Å². The summed E-state index contributed by atoms with van der Waals surface area (Å²) in [6.07, 6.45) is 15.4. The third-order valence-electron chi connectivity index (χ3n) is 12.1. The van der Waals surface area contributed by atoms with Crippen LogP contribution in [-0.4, -0.2) is 16.5 Å². The molecule has 3 heteroatoms. The van der Waals surface area contributed by atoms with E-state index < -0.39 is 0 Å². The van der Waals surface area contributed by atoms with Gasteiger partial charge in [0.05, 0.1) is 4.43 Å². The molecule has 0 amide bonds. The highest BCUT2D eigenvalue weighted by atomic mass is 127. The van der Waals surface area contributed by atoms with Gasteiger partial charge in [-0.25, -0.2) is 0 Å². The zero-order valence-electron chi connectivity index (χ0n) is 21.3. The number of carbonyl (C=O) groups excluding carboxylic acids is 1. The van der Waals surface area contributed by atoms with Crippen LogP contribution in [-0.2, 0) is 9.53 Å². The molecule has 5 aliphatic carbocycles. The summed E-state index contributed by atoms with van der Waals surface area (Å²) in [5.41, 5.74) is 1.27. The SMILES string of the molecule is CC(C)CCC[C@H](C)[C@H]1CC[C@H]2[C@@H]3C[C@@H](OC(=O)CI)[C@]45C[C@H]4CC[C@]5(C)[C@H]3CC[C@]12C. The molecule has 0 heterocycles. The number of hydrogen-bond donors (Lipinski definition) is 0. The number of esters is 1. The Kier molecular flexibility index (Phi) is 6.28. The van der Waals surface area contributed by atoms with E-state index in [-0.39, 0.29) is 12.1 Å². The molecule has 182 valence electrons. The molecular formula is C29H47IO2. The maximum Gasteiger partial charge on any atom is 0.316 e. The molecule has 5 saturated carbocycles. The lowest BCUT2D eigenvalue weighted by Crippen LogP contribution is -2.57. The number of carbonyl (C=O) groups is 1. The quantitative estimate of drug-likeness (QED) is 0.181. The van der Waals surface area contributed by atoms with Gasteiger partial charge in [0, 0.05) is 5.41 Å². The van der Waals surface area contributed by atoms with E-state index in [1.165, 1.54) is 70.6 Å². The van der Waals surface area contributed by atoms with Crippen molar-refractivity contribution in [3.05, 3.63) is 0 Å². The maximum absolute atomic E-state index is 12.4. The highest BCUT2D eigenvalue weighted by molar-refractivity contribution is 14.1. The van der Waals surface area contributed by atoms with E-state index in [0.717, 1.165) is 41.4 Å². The molecule has 0 N–H and O–H groups in total. The summed E-state index contributed by atoms with van der Waals surface area (Å²) in [4.78, 5) is 12.4. The van der Waals surface area contributed by atoms with E-state index in [1.54, 1.807) is 0 Å². The first-order valence-electron chi connectivity index (χ1n) is 13.9. The van der Waals surface area contributed by atoms with Gasteiger partial charge in [0.15, 0.2) is 0 Å². The van der Waals surface area contributed by atoms with Gasteiger partial charge in [0.25, 0.3) is 0 Å². The van der Waals surface area contributed by atoms with Crippen molar-refractivity contribution in [2.45, 2.75) is 111 Å². The number of ether oxygens (including phenoxy) is 1. The predicted molar refractivity (Wildman–Crippen MR) is 140 cm³/mol. The highest BCUT2D eigenvalue weighted by Crippen LogP contribution is 2.82. The second kappa shape index (κ2) is 8.40. The zero-order chi connectivity index (χ0) is 22.9. The molecule has 0 aliphatic heterocycles. The molecule has 0 bridgehead atoms. The first-order chi connectivity index (χ1) is 15.2. The van der Waals surface area contributed by atoms with E-state index in [2.05, 4.69) is 57.2 Å². The molecular weight excluding hydrogens is 507 g/mol. The van der Waals surface area contributed by atoms with Crippen LogP contribution in [0, 0.1) is 57.7 Å². The zero-order valence-corrected chi connectivity index (χ0v) is 23.5. The Morgan fingerprint density at radius 3 is 2.50 bits per heavy atom. The normalized spacial score (nSPS) is 49.7. The molecule has 2 nitrogen and oxygen atoms in total. The summed E-state index contributed by atoms with van der Waals surface area (Å²) >= 11 is 2.19. The Morgan fingerprint density at radius 1 is 1.03 bits per heavy atom. The minimum absolute atomic E-state index is 0.0324. The molecule has 5 fully saturated rings. The average Bonchev–Trinajstić information content (AvgIpc) is 3.26. The van der Waals surface area contributed by atoms with Crippen LogP contribution in [0.3, 0.4) is 0 Å². The third-order valence-corrected chi connectivity index (χ3v) is 12.8. The van der Waals surface area contributed by atoms with Gasteiger partial charge in [-0.3, -0.25) is 4.79 Å². The van der Waals surface area contributed by atoms with Crippen LogP contribution in [0.25, 0.3) is 0 Å². The largest absolute Gasteiger partial charge is 0.461 e. The van der Waals surface area contributed by atoms with Crippen molar-refractivity contribution in [2.24, 2.45) is 57.7 Å². The van der Waals surface area contributed by atoms with Gasteiger partial charge < -0.3 is 4.74 Å². The van der Waals surface area contributed by atoms with Crippen LogP contribution in [0.4, 0.5) is 0 Å². The van der Waals surface area contributed by atoms with Gasteiger partial charge in [-0.1, -0.05) is 76.5 Å². The fourth-order valence-electron chi connectivity index (χ4n) is 10.6. The van der Waals surface area contributed by atoms with E-state index in [4.69, 9.17) is 4.74 Å². The maximum atomic E-state index is 12.4. The minimum Gasteiger partial charge on any atom is -0.461 e. The summed E-state index contributed by atoms with van der Waals surface area (Å²) in [6, 6.07) is 0. The van der Waals surface area contributed by atoms with Gasteiger partial charge in [-0.15, -0.1) is 0 Å². The third kappa shape index (κ3) is 3.39. The fourth-order valence-corrected chi connectivity index (χ4v) is 10.8. The number of fused-ring (bicyclic) bond motifs is 4. The summed E-state index contributed by atoms with van der Waals surface area (Å²) in [5.74, 6) is 5.97. The van der Waals surface area contributed by atoms with Crippen molar-refractivity contribution in [3.8, 4) is 0 Å². The monoisotopic (exact) mass is 554 g/mol. The van der Waals surface area contributed by atoms with Crippen LogP contribution in [0.1, 0.15) is 105 Å². The minimum atomic E-state index is 0.0324. The second-order valence-corrected chi connectivity index (χ2v) is 14.4. The van der Waals surface area contributed by atoms with E-state index in [9.17, 15) is 4.79 Å². The van der Waals surface area contributed by atoms with Crippen LogP contribution >= 0.6 is 22.6 Å². The Labute approximate surface area is 210 Å². The summed E-state index contributed by atoms with van der Waals surface area (Å²) < 4.78 is 6.80. The van der Waals surface area contributed by atoms with E-state index in [0.29, 0.717) is 20.7 Å². The van der Waals surface area contributed by atoms with Crippen LogP contribution < -0.4 is 0 Å². The predicted octanol–water partition coefficient (Wildman–Crippen LogP) is 8.06. The van der Waals surface area contributed by atoms with Crippen molar-refractivity contribution in [1.29, 1.82) is 0 Å². The van der Waals surface area contributed by atoms with Crippen LogP contribution in [0.5, 0.6) is 0 Å². The van der Waals surface area contributed by atoms with E-state index in [1.807, 2.05) is 0 Å². The molecule has 10 atom stereocenters. The van der Waals surface area contributed by atoms with Gasteiger partial charge in [0.2, 0.25) is 0 Å². The molecule has 1 spiro atoms. The number of rotatable bonds is 7. The average molecular weight is 555 g/mol. The summed E-state index contributed by atoms with van der Waals surface area (Å²) in [6.45, 7) is 12.6. The molecule has 0 radical (unpaired) electrons.